The van der Waals surface area contributed by atoms with E-state index in [0.717, 1.165) is 10.2 Å². The average Bonchev–Trinajstić information content (AvgIpc) is 2.44. The van der Waals surface area contributed by atoms with Crippen LogP contribution in [0.5, 0.6) is 5.75 Å². The van der Waals surface area contributed by atoms with E-state index < -0.39 is 5.97 Å². The quantitative estimate of drug-likeness (QED) is 0.517. The molecule has 2 rings (SSSR count). The lowest BCUT2D eigenvalue weighted by atomic mass is 10.2. The van der Waals surface area contributed by atoms with Gasteiger partial charge in [0.05, 0.1) is 5.56 Å². The molecule has 20 heavy (non-hydrogen) atoms. The number of hydrogen-bond acceptors (Lipinski definition) is 4. The van der Waals surface area contributed by atoms with E-state index in [-0.39, 0.29) is 13.2 Å². The number of anilines is 1. The maximum atomic E-state index is 11.8. The number of carbonyl (C=O) groups excluding carboxylic acids is 1. The SMILES string of the molecule is Nc1ccccc1C(=O)OCCOc1cccc(Br)c1. The van der Waals surface area contributed by atoms with E-state index in [4.69, 9.17) is 15.2 Å². The van der Waals surface area contributed by atoms with Gasteiger partial charge in [-0.1, -0.05) is 34.1 Å². The lowest BCUT2D eigenvalue weighted by Gasteiger charge is -2.08. The Balaban J connectivity index is 1.79. The maximum Gasteiger partial charge on any atom is 0.340 e. The predicted octanol–water partition coefficient (Wildman–Crippen LogP) is 3.27. The molecule has 0 aliphatic rings. The fourth-order valence-electron chi connectivity index (χ4n) is 1.61. The van der Waals surface area contributed by atoms with Gasteiger partial charge in [0, 0.05) is 10.2 Å². The number of rotatable bonds is 5. The highest BCUT2D eigenvalue weighted by Crippen LogP contribution is 2.17. The van der Waals surface area contributed by atoms with Crippen LogP contribution in [0.3, 0.4) is 0 Å². The van der Waals surface area contributed by atoms with Crippen molar-refractivity contribution in [3.05, 3.63) is 58.6 Å². The van der Waals surface area contributed by atoms with Gasteiger partial charge in [0.25, 0.3) is 0 Å². The highest BCUT2D eigenvalue weighted by Gasteiger charge is 2.09. The fourth-order valence-corrected chi connectivity index (χ4v) is 1.99. The Morgan fingerprint density at radius 1 is 1.10 bits per heavy atom. The van der Waals surface area contributed by atoms with Crippen molar-refractivity contribution in [2.75, 3.05) is 18.9 Å². The van der Waals surface area contributed by atoms with E-state index in [1.807, 2.05) is 24.3 Å². The number of esters is 1. The van der Waals surface area contributed by atoms with Crippen molar-refractivity contribution in [1.82, 2.24) is 0 Å². The number of nitrogen functional groups attached to an aromatic ring is 1. The van der Waals surface area contributed by atoms with Crippen LogP contribution in [-0.4, -0.2) is 19.2 Å². The maximum absolute atomic E-state index is 11.8. The molecule has 0 heterocycles. The largest absolute Gasteiger partial charge is 0.490 e. The minimum absolute atomic E-state index is 0.166. The van der Waals surface area contributed by atoms with Crippen LogP contribution in [0, 0.1) is 0 Å². The Bertz CT molecular complexity index is 601. The first kappa shape index (κ1) is 14.4. The number of benzene rings is 2. The van der Waals surface area contributed by atoms with Crippen molar-refractivity contribution in [2.24, 2.45) is 0 Å². The molecule has 4 nitrogen and oxygen atoms in total. The Hall–Kier alpha value is -2.01. The summed E-state index contributed by atoms with van der Waals surface area (Å²) in [4.78, 5) is 11.8. The molecule has 0 atom stereocenters. The summed E-state index contributed by atoms with van der Waals surface area (Å²) < 4.78 is 11.5. The van der Waals surface area contributed by atoms with Gasteiger partial charge in [-0.15, -0.1) is 0 Å². The topological polar surface area (TPSA) is 61.6 Å². The predicted molar refractivity (Wildman–Crippen MR) is 80.8 cm³/mol. The Labute approximate surface area is 125 Å². The summed E-state index contributed by atoms with van der Waals surface area (Å²) in [5, 5.41) is 0. The molecular weight excluding hydrogens is 322 g/mol. The fraction of sp³-hybridized carbons (Fsp3) is 0.133. The number of hydrogen-bond donors (Lipinski definition) is 1. The molecule has 104 valence electrons. The van der Waals surface area contributed by atoms with Gasteiger partial charge in [-0.3, -0.25) is 0 Å². The number of ether oxygens (including phenoxy) is 2. The molecule has 0 aromatic heterocycles. The van der Waals surface area contributed by atoms with Crippen LogP contribution in [0.1, 0.15) is 10.4 Å². The second-order valence-electron chi connectivity index (χ2n) is 4.03. The third kappa shape index (κ3) is 3.99. The third-order valence-corrected chi connectivity index (χ3v) is 3.06. The van der Waals surface area contributed by atoms with Crippen molar-refractivity contribution in [1.29, 1.82) is 0 Å². The Morgan fingerprint density at radius 3 is 2.65 bits per heavy atom. The van der Waals surface area contributed by atoms with E-state index in [0.29, 0.717) is 11.3 Å². The molecule has 5 heteroatoms. The standard InChI is InChI=1S/C15H14BrNO3/c16-11-4-3-5-12(10-11)19-8-9-20-15(18)13-6-1-2-7-14(13)17/h1-7,10H,8-9,17H2. The average molecular weight is 336 g/mol. The molecule has 0 amide bonds. The van der Waals surface area contributed by atoms with Gasteiger partial charge in [-0.2, -0.15) is 0 Å². The molecule has 0 bridgehead atoms. The summed E-state index contributed by atoms with van der Waals surface area (Å²) in [6.07, 6.45) is 0. The molecule has 0 saturated heterocycles. The zero-order valence-corrected chi connectivity index (χ0v) is 12.3. The number of halogens is 1. The van der Waals surface area contributed by atoms with Crippen LogP contribution in [0.25, 0.3) is 0 Å². The molecule has 0 unspecified atom stereocenters. The van der Waals surface area contributed by atoms with Crippen LogP contribution in [0.2, 0.25) is 0 Å². The van der Waals surface area contributed by atoms with Gasteiger partial charge in [0.1, 0.15) is 19.0 Å². The third-order valence-electron chi connectivity index (χ3n) is 2.56. The van der Waals surface area contributed by atoms with Gasteiger partial charge in [-0.25, -0.2) is 4.79 Å². The van der Waals surface area contributed by atoms with Crippen molar-refractivity contribution < 1.29 is 14.3 Å². The van der Waals surface area contributed by atoms with Crippen LogP contribution in [0.15, 0.2) is 53.0 Å². The lowest BCUT2D eigenvalue weighted by Crippen LogP contribution is -2.13. The molecule has 0 aliphatic heterocycles. The molecule has 2 aromatic rings. The minimum Gasteiger partial charge on any atom is -0.490 e. The Kier molecular flexibility index (Phi) is 5.01. The van der Waals surface area contributed by atoms with Gasteiger partial charge >= 0.3 is 5.97 Å². The lowest BCUT2D eigenvalue weighted by molar-refractivity contribution is 0.0451. The molecule has 0 saturated carbocycles. The smallest absolute Gasteiger partial charge is 0.340 e. The van der Waals surface area contributed by atoms with Gasteiger partial charge in [-0.05, 0) is 30.3 Å². The molecule has 0 fully saturated rings. The van der Waals surface area contributed by atoms with Gasteiger partial charge in [0.15, 0.2) is 0 Å². The van der Waals surface area contributed by atoms with Crippen molar-refractivity contribution >= 4 is 27.6 Å². The summed E-state index contributed by atoms with van der Waals surface area (Å²) in [6, 6.07) is 14.3. The monoisotopic (exact) mass is 335 g/mol. The van der Waals surface area contributed by atoms with E-state index in [2.05, 4.69) is 15.9 Å². The second kappa shape index (κ2) is 6.96. The van der Waals surface area contributed by atoms with E-state index in [1.54, 1.807) is 24.3 Å². The zero-order valence-electron chi connectivity index (χ0n) is 10.7. The molecular formula is C15H14BrNO3. The van der Waals surface area contributed by atoms with Gasteiger partial charge < -0.3 is 15.2 Å². The normalized spacial score (nSPS) is 10.1. The summed E-state index contributed by atoms with van der Waals surface area (Å²) in [7, 11) is 0. The second-order valence-corrected chi connectivity index (χ2v) is 4.94. The van der Waals surface area contributed by atoms with Crippen LogP contribution >= 0.6 is 15.9 Å². The highest BCUT2D eigenvalue weighted by molar-refractivity contribution is 9.10. The molecule has 2 N–H and O–H groups in total. The van der Waals surface area contributed by atoms with Crippen molar-refractivity contribution in [2.45, 2.75) is 0 Å². The molecule has 0 spiro atoms. The zero-order chi connectivity index (χ0) is 14.4. The van der Waals surface area contributed by atoms with E-state index in [1.165, 1.54) is 0 Å². The van der Waals surface area contributed by atoms with Crippen molar-refractivity contribution in [3.8, 4) is 5.75 Å². The summed E-state index contributed by atoms with van der Waals surface area (Å²) >= 11 is 3.35. The number of nitrogens with two attached hydrogens (primary N) is 1. The van der Waals surface area contributed by atoms with Crippen LogP contribution < -0.4 is 10.5 Å². The van der Waals surface area contributed by atoms with E-state index in [9.17, 15) is 4.79 Å². The first-order chi connectivity index (χ1) is 9.66. The number of carbonyl (C=O) groups is 1. The molecule has 0 radical (unpaired) electrons. The van der Waals surface area contributed by atoms with Crippen molar-refractivity contribution in [3.63, 3.8) is 0 Å². The summed E-state index contributed by atoms with van der Waals surface area (Å²) in [5.74, 6) is 0.274. The minimum atomic E-state index is -0.444. The first-order valence-electron chi connectivity index (χ1n) is 6.07. The molecule has 0 aliphatic carbocycles. The Morgan fingerprint density at radius 2 is 1.90 bits per heavy atom. The first-order valence-corrected chi connectivity index (χ1v) is 6.86. The van der Waals surface area contributed by atoms with Crippen LogP contribution in [-0.2, 0) is 4.74 Å². The summed E-state index contributed by atoms with van der Waals surface area (Å²) in [6.45, 7) is 0.453. The van der Waals surface area contributed by atoms with E-state index >= 15 is 0 Å². The van der Waals surface area contributed by atoms with Gasteiger partial charge in [0.2, 0.25) is 0 Å². The summed E-state index contributed by atoms with van der Waals surface area (Å²) in [5.41, 5.74) is 6.47. The number of para-hydroxylation sites is 1. The van der Waals surface area contributed by atoms with Crippen LogP contribution in [0.4, 0.5) is 5.69 Å². The molecule has 2 aromatic carbocycles. The highest BCUT2D eigenvalue weighted by atomic mass is 79.9.